The summed E-state index contributed by atoms with van der Waals surface area (Å²) in [5, 5.41) is 19.2. The number of carboxylic acids is 1. The van der Waals surface area contributed by atoms with Crippen LogP contribution in [0.25, 0.3) is 0 Å². The van der Waals surface area contributed by atoms with E-state index in [1.165, 1.54) is 0 Å². The van der Waals surface area contributed by atoms with Crippen molar-refractivity contribution >= 4 is 25.7 Å². The zero-order valence-corrected chi connectivity index (χ0v) is 36.3. The van der Waals surface area contributed by atoms with E-state index in [1.807, 2.05) is 12.2 Å². The summed E-state index contributed by atoms with van der Waals surface area (Å²) in [5.74, 6) is -2.66. The molecule has 0 radical (unpaired) electrons. The van der Waals surface area contributed by atoms with Gasteiger partial charge in [0.15, 0.2) is 6.10 Å². The molecule has 0 aromatic rings. The van der Waals surface area contributed by atoms with Crippen LogP contribution in [0.1, 0.15) is 123 Å². The van der Waals surface area contributed by atoms with Crippen LogP contribution in [-0.4, -0.2) is 71.1 Å². The van der Waals surface area contributed by atoms with Gasteiger partial charge in [0.1, 0.15) is 12.6 Å². The van der Waals surface area contributed by atoms with Gasteiger partial charge in [-0.1, -0.05) is 136 Å². The maximum absolute atomic E-state index is 12.6. The lowest BCUT2D eigenvalue weighted by atomic mass is 10.1. The van der Waals surface area contributed by atoms with E-state index in [2.05, 4.69) is 103 Å². The molecule has 0 aromatic heterocycles. The van der Waals surface area contributed by atoms with E-state index < -0.39 is 63.8 Å². The first-order valence-corrected chi connectivity index (χ1v) is 22.5. The molecule has 0 spiro atoms. The predicted molar refractivity (Wildman–Crippen MR) is 236 cm³/mol. The number of aliphatic hydroxyl groups excluding tert-OH is 1. The Hall–Kier alpha value is -3.90. The standard InChI is InChI=1S/C46H72NO11P/c1-3-5-7-9-11-13-15-17-18-19-20-22-24-26-28-30-32-36-44(49)55-38-42(39-56-59(53,54)57-40-43(47)46(51)52)58-45(50)37-33-35-41(48)34-31-29-27-25-23-21-16-14-12-10-8-6-4-2/h5-8,11-14,17-18,20-23,27,29,31,34,41-43,48H,3-4,9-10,15-16,19,24-26,28,30,32-33,35-40,47H2,1-2H3,(H,51,52)(H,53,54)/b7-5-,8-6-,13-11-,14-12-,18-17-,22-20-,23-21-,29-27-,34-31+/t41?,42-,43+/m1/s1. The SMILES string of the molecule is CC/C=C\C/C=C\C/C=C\C/C=C\C=C\C(O)CCCC(=O)O[C@H](COC(=O)CCCCCC/C=C\C/C=C\C/C=C\C/C=C\CC)COP(=O)(O)OC[C@H](N)C(=O)O. The van der Waals surface area contributed by atoms with Crippen LogP contribution in [0.3, 0.4) is 0 Å². The highest BCUT2D eigenvalue weighted by atomic mass is 31.2. The second-order valence-electron chi connectivity index (χ2n) is 13.6. The van der Waals surface area contributed by atoms with Crippen LogP contribution >= 0.6 is 7.82 Å². The lowest BCUT2D eigenvalue weighted by Gasteiger charge is -2.20. The van der Waals surface area contributed by atoms with Gasteiger partial charge in [0, 0.05) is 12.8 Å². The van der Waals surface area contributed by atoms with Gasteiger partial charge in [-0.25, -0.2) is 4.57 Å². The largest absolute Gasteiger partial charge is 0.480 e. The molecule has 0 bridgehead atoms. The highest BCUT2D eigenvalue weighted by Gasteiger charge is 2.28. The van der Waals surface area contributed by atoms with Crippen LogP contribution in [0, 0.1) is 0 Å². The minimum atomic E-state index is -4.78. The summed E-state index contributed by atoms with van der Waals surface area (Å²) in [7, 11) is -4.78. The van der Waals surface area contributed by atoms with Crippen LogP contribution in [0.5, 0.6) is 0 Å². The molecule has 2 unspecified atom stereocenters. The highest BCUT2D eigenvalue weighted by Crippen LogP contribution is 2.43. The number of aliphatic carboxylic acids is 1. The second-order valence-corrected chi connectivity index (χ2v) is 15.0. The number of rotatable bonds is 37. The molecule has 0 rings (SSSR count). The first-order chi connectivity index (χ1) is 28.5. The van der Waals surface area contributed by atoms with Gasteiger partial charge < -0.3 is 30.3 Å². The Morgan fingerprint density at radius 2 is 1.10 bits per heavy atom. The van der Waals surface area contributed by atoms with Crippen molar-refractivity contribution in [3.05, 3.63) is 109 Å². The van der Waals surface area contributed by atoms with Gasteiger partial charge in [0.05, 0.1) is 19.3 Å². The topological polar surface area (TPSA) is 192 Å². The zero-order valence-electron chi connectivity index (χ0n) is 35.4. The molecule has 0 aromatic carbocycles. The van der Waals surface area contributed by atoms with E-state index >= 15 is 0 Å². The predicted octanol–water partition coefficient (Wildman–Crippen LogP) is 10.0. The average molecular weight is 846 g/mol. The lowest BCUT2D eigenvalue weighted by molar-refractivity contribution is -0.161. The Kier molecular flexibility index (Phi) is 36.9. The summed E-state index contributed by atoms with van der Waals surface area (Å²) in [6.45, 7) is 2.32. The average Bonchev–Trinajstić information content (AvgIpc) is 3.20. The molecule has 0 heterocycles. The first-order valence-electron chi connectivity index (χ1n) is 21.0. The monoisotopic (exact) mass is 845 g/mol. The molecule has 5 N–H and O–H groups in total. The van der Waals surface area contributed by atoms with Gasteiger partial charge >= 0.3 is 25.7 Å². The number of nitrogens with two attached hydrogens (primary N) is 1. The van der Waals surface area contributed by atoms with Gasteiger partial charge in [-0.3, -0.25) is 23.4 Å². The number of unbranched alkanes of at least 4 members (excludes halogenated alkanes) is 4. The number of phosphoric acid groups is 1. The zero-order chi connectivity index (χ0) is 43.7. The van der Waals surface area contributed by atoms with E-state index in [-0.39, 0.29) is 25.7 Å². The van der Waals surface area contributed by atoms with E-state index in [1.54, 1.807) is 12.2 Å². The van der Waals surface area contributed by atoms with Crippen LogP contribution in [0.15, 0.2) is 109 Å². The van der Waals surface area contributed by atoms with Gasteiger partial charge in [-0.05, 0) is 83.5 Å². The molecule has 0 aliphatic rings. The van der Waals surface area contributed by atoms with Crippen molar-refractivity contribution in [3.8, 4) is 0 Å². The molecule has 0 saturated carbocycles. The summed E-state index contributed by atoms with van der Waals surface area (Å²) < 4.78 is 32.5. The van der Waals surface area contributed by atoms with Crippen molar-refractivity contribution in [2.75, 3.05) is 19.8 Å². The number of esters is 2. The van der Waals surface area contributed by atoms with Crippen LogP contribution in [0.4, 0.5) is 0 Å². The molecule has 0 saturated heterocycles. The molecule has 0 fully saturated rings. The third-order valence-corrected chi connectivity index (χ3v) is 9.07. The molecule has 13 heteroatoms. The molecule has 332 valence electrons. The Balaban J connectivity index is 4.65. The molecular weight excluding hydrogens is 773 g/mol. The van der Waals surface area contributed by atoms with Gasteiger partial charge in [-0.15, -0.1) is 0 Å². The Morgan fingerprint density at radius 1 is 0.610 bits per heavy atom. The van der Waals surface area contributed by atoms with Crippen molar-refractivity contribution in [3.63, 3.8) is 0 Å². The number of aliphatic hydroxyl groups is 1. The number of carboxylic acid groups (broad SMARTS) is 1. The third-order valence-electron chi connectivity index (χ3n) is 8.12. The Morgan fingerprint density at radius 3 is 1.66 bits per heavy atom. The molecule has 0 aliphatic heterocycles. The van der Waals surface area contributed by atoms with Crippen molar-refractivity contribution in [1.29, 1.82) is 0 Å². The molecule has 4 atom stereocenters. The number of carbonyl (C=O) groups is 3. The number of phosphoric ester groups is 1. The Bertz CT molecular complexity index is 1430. The maximum atomic E-state index is 12.6. The summed E-state index contributed by atoms with van der Waals surface area (Å²) >= 11 is 0. The highest BCUT2D eigenvalue weighted by molar-refractivity contribution is 7.47. The summed E-state index contributed by atoms with van der Waals surface area (Å²) in [5.41, 5.74) is 5.32. The van der Waals surface area contributed by atoms with E-state index in [0.717, 1.165) is 77.0 Å². The van der Waals surface area contributed by atoms with Crippen molar-refractivity contribution < 1.29 is 52.6 Å². The van der Waals surface area contributed by atoms with Crippen molar-refractivity contribution in [2.24, 2.45) is 5.73 Å². The third kappa shape index (κ3) is 39.3. The molecule has 0 aliphatic carbocycles. The molecule has 59 heavy (non-hydrogen) atoms. The number of hydrogen-bond acceptors (Lipinski definition) is 10. The minimum Gasteiger partial charge on any atom is -0.480 e. The minimum absolute atomic E-state index is 0.0824. The fraction of sp³-hybridized carbons (Fsp3) is 0.543. The lowest BCUT2D eigenvalue weighted by Crippen LogP contribution is -2.34. The number of carbonyl (C=O) groups excluding carboxylic acids is 2. The number of allylic oxidation sites excluding steroid dienone is 17. The summed E-state index contributed by atoms with van der Waals surface area (Å²) in [6, 6.07) is -1.56. The molecule has 12 nitrogen and oxygen atoms in total. The fourth-order valence-corrected chi connectivity index (χ4v) is 5.63. The Labute approximate surface area is 353 Å². The molecular formula is C46H72NO11P. The van der Waals surface area contributed by atoms with Gasteiger partial charge in [0.2, 0.25) is 0 Å². The van der Waals surface area contributed by atoms with Crippen LogP contribution in [-0.2, 0) is 37.5 Å². The van der Waals surface area contributed by atoms with E-state index in [4.69, 9.17) is 24.8 Å². The quantitative estimate of drug-likeness (QED) is 0.0152. The van der Waals surface area contributed by atoms with E-state index in [0.29, 0.717) is 6.42 Å². The van der Waals surface area contributed by atoms with Crippen molar-refractivity contribution in [1.82, 2.24) is 0 Å². The maximum Gasteiger partial charge on any atom is 0.472 e. The first kappa shape index (κ1) is 55.1. The van der Waals surface area contributed by atoms with Crippen LogP contribution < -0.4 is 5.73 Å². The second kappa shape index (κ2) is 39.6. The molecule has 0 amide bonds. The summed E-state index contributed by atoms with van der Waals surface area (Å²) in [6.07, 6.45) is 47.6. The fourth-order valence-electron chi connectivity index (χ4n) is 4.85. The summed E-state index contributed by atoms with van der Waals surface area (Å²) in [4.78, 5) is 46.0. The smallest absolute Gasteiger partial charge is 0.472 e. The van der Waals surface area contributed by atoms with Crippen LogP contribution in [0.2, 0.25) is 0 Å². The number of hydrogen-bond donors (Lipinski definition) is 4. The van der Waals surface area contributed by atoms with Crippen molar-refractivity contribution in [2.45, 2.75) is 141 Å². The normalized spacial score (nSPS) is 15.3. The van der Waals surface area contributed by atoms with E-state index in [9.17, 15) is 28.9 Å². The van der Waals surface area contributed by atoms with Gasteiger partial charge in [-0.2, -0.15) is 0 Å². The number of ether oxygens (including phenoxy) is 2. The van der Waals surface area contributed by atoms with Gasteiger partial charge in [0.25, 0.3) is 0 Å².